The van der Waals surface area contributed by atoms with E-state index in [4.69, 9.17) is 21.4 Å². The molecule has 0 spiro atoms. The molecule has 0 aliphatic heterocycles. The van der Waals surface area contributed by atoms with Crippen molar-refractivity contribution >= 4 is 29.5 Å². The van der Waals surface area contributed by atoms with E-state index in [9.17, 15) is 9.59 Å². The third-order valence-electron chi connectivity index (χ3n) is 2.19. The van der Waals surface area contributed by atoms with E-state index in [0.717, 1.165) is 0 Å². The second kappa shape index (κ2) is 7.12. The van der Waals surface area contributed by atoms with Crippen LogP contribution in [0.5, 0.6) is 0 Å². The lowest BCUT2D eigenvalue weighted by molar-refractivity contribution is 0.0529. The predicted molar refractivity (Wildman–Crippen MR) is 78.9 cm³/mol. The molecule has 0 fully saturated rings. The summed E-state index contributed by atoms with van der Waals surface area (Å²) >= 11 is 5.71. The number of pyridine rings is 1. The van der Waals surface area contributed by atoms with Crippen LogP contribution in [0.15, 0.2) is 12.3 Å². The van der Waals surface area contributed by atoms with Gasteiger partial charge in [-0.05, 0) is 26.8 Å². The third-order valence-corrected chi connectivity index (χ3v) is 2.49. The molecule has 21 heavy (non-hydrogen) atoms. The third kappa shape index (κ3) is 6.31. The van der Waals surface area contributed by atoms with Crippen LogP contribution >= 0.6 is 11.6 Å². The number of amides is 1. The molecule has 0 aromatic carbocycles. The fraction of sp³-hybridized carbons (Fsp3) is 0.462. The monoisotopic (exact) mass is 315 g/mol. The van der Waals surface area contributed by atoms with Crippen LogP contribution in [0, 0.1) is 0 Å². The van der Waals surface area contributed by atoms with Crippen molar-refractivity contribution in [3.63, 3.8) is 0 Å². The number of halogens is 1. The first-order valence-corrected chi connectivity index (χ1v) is 6.66. The second-order valence-electron chi connectivity index (χ2n) is 5.21. The van der Waals surface area contributed by atoms with Crippen molar-refractivity contribution in [3.05, 3.63) is 22.8 Å². The number of nitrogens with zero attached hydrogens (tertiary/aromatic N) is 1. The Bertz CT molecular complexity index is 529. The minimum absolute atomic E-state index is 0.0331. The Balaban J connectivity index is 2.41. The van der Waals surface area contributed by atoms with E-state index in [1.807, 2.05) is 0 Å². The molecule has 0 saturated heterocycles. The standard InChI is InChI=1S/C13H18ClN3O4/c1-13(2,3)21-12(20)16-5-4-15-10-6-8(11(18)19)9(14)7-17-10/h6-7H,4-5H2,1-3H3,(H,15,17)(H,16,20)(H,18,19). The molecular formula is C13H18ClN3O4. The summed E-state index contributed by atoms with van der Waals surface area (Å²) < 4.78 is 5.07. The van der Waals surface area contributed by atoms with Crippen LogP contribution in [0.2, 0.25) is 5.02 Å². The maximum absolute atomic E-state index is 11.4. The van der Waals surface area contributed by atoms with Crippen LogP contribution < -0.4 is 10.6 Å². The van der Waals surface area contributed by atoms with Gasteiger partial charge in [-0.2, -0.15) is 0 Å². The van der Waals surface area contributed by atoms with Gasteiger partial charge >= 0.3 is 12.1 Å². The molecule has 116 valence electrons. The summed E-state index contributed by atoms with van der Waals surface area (Å²) in [6, 6.07) is 1.33. The van der Waals surface area contributed by atoms with Crippen molar-refractivity contribution in [3.8, 4) is 0 Å². The zero-order chi connectivity index (χ0) is 16.0. The minimum Gasteiger partial charge on any atom is -0.478 e. The maximum atomic E-state index is 11.4. The van der Waals surface area contributed by atoms with Crippen LogP contribution in [0.25, 0.3) is 0 Å². The van der Waals surface area contributed by atoms with Crippen LogP contribution in [0.1, 0.15) is 31.1 Å². The summed E-state index contributed by atoms with van der Waals surface area (Å²) in [6.45, 7) is 6.00. The Morgan fingerprint density at radius 2 is 2.05 bits per heavy atom. The van der Waals surface area contributed by atoms with Gasteiger partial charge in [-0.1, -0.05) is 11.6 Å². The number of carbonyl (C=O) groups is 2. The summed E-state index contributed by atoms with van der Waals surface area (Å²) in [5.41, 5.74) is -0.583. The smallest absolute Gasteiger partial charge is 0.407 e. The van der Waals surface area contributed by atoms with E-state index < -0.39 is 17.7 Å². The van der Waals surface area contributed by atoms with Crippen LogP contribution in [0.3, 0.4) is 0 Å². The van der Waals surface area contributed by atoms with Gasteiger partial charge in [0.15, 0.2) is 0 Å². The number of alkyl carbamates (subject to hydrolysis) is 1. The molecule has 0 radical (unpaired) electrons. The van der Waals surface area contributed by atoms with Gasteiger partial charge in [0, 0.05) is 19.3 Å². The van der Waals surface area contributed by atoms with Crippen LogP contribution in [0.4, 0.5) is 10.6 Å². The molecule has 0 bridgehead atoms. The molecule has 3 N–H and O–H groups in total. The molecule has 1 rings (SSSR count). The Kier molecular flexibility index (Phi) is 5.78. The summed E-state index contributed by atoms with van der Waals surface area (Å²) in [5, 5.41) is 14.4. The topological polar surface area (TPSA) is 101 Å². The van der Waals surface area contributed by atoms with Gasteiger partial charge in [-0.15, -0.1) is 0 Å². The lowest BCUT2D eigenvalue weighted by Crippen LogP contribution is -2.35. The number of rotatable bonds is 5. The van der Waals surface area contributed by atoms with Crippen LogP contribution in [-0.2, 0) is 4.74 Å². The number of anilines is 1. The first kappa shape index (κ1) is 17.0. The van der Waals surface area contributed by atoms with Crippen molar-refractivity contribution in [2.45, 2.75) is 26.4 Å². The maximum Gasteiger partial charge on any atom is 0.407 e. The van der Waals surface area contributed by atoms with Crippen LogP contribution in [-0.4, -0.2) is 40.8 Å². The molecule has 8 heteroatoms. The van der Waals surface area contributed by atoms with E-state index in [0.29, 0.717) is 18.9 Å². The minimum atomic E-state index is -1.13. The van der Waals surface area contributed by atoms with E-state index in [1.165, 1.54) is 12.3 Å². The van der Waals surface area contributed by atoms with Crippen molar-refractivity contribution in [1.29, 1.82) is 0 Å². The molecule has 7 nitrogen and oxygen atoms in total. The lowest BCUT2D eigenvalue weighted by atomic mass is 10.2. The summed E-state index contributed by atoms with van der Waals surface area (Å²) in [4.78, 5) is 26.2. The highest BCUT2D eigenvalue weighted by Gasteiger charge is 2.15. The van der Waals surface area contributed by atoms with Gasteiger partial charge in [0.05, 0.1) is 10.6 Å². The average molecular weight is 316 g/mol. The quantitative estimate of drug-likeness (QED) is 0.721. The number of carboxylic acids is 1. The van der Waals surface area contributed by atoms with E-state index in [-0.39, 0.29) is 10.6 Å². The number of nitrogens with one attached hydrogen (secondary N) is 2. The number of aromatic carboxylic acids is 1. The Morgan fingerprint density at radius 1 is 1.38 bits per heavy atom. The summed E-state index contributed by atoms with van der Waals surface area (Å²) in [6.07, 6.45) is 0.744. The molecule has 1 aromatic rings. The van der Waals surface area contributed by atoms with Crippen molar-refractivity contribution in [2.24, 2.45) is 0 Å². The SMILES string of the molecule is CC(C)(C)OC(=O)NCCNc1cc(C(=O)O)c(Cl)cn1. The molecule has 0 unspecified atom stereocenters. The number of aromatic nitrogens is 1. The molecule has 1 aromatic heterocycles. The first-order chi connectivity index (χ1) is 9.69. The van der Waals surface area contributed by atoms with Crippen molar-refractivity contribution in [2.75, 3.05) is 18.4 Å². The number of carbonyl (C=O) groups excluding carboxylic acids is 1. The van der Waals surface area contributed by atoms with Gasteiger partial charge < -0.3 is 20.5 Å². The molecule has 0 aliphatic rings. The van der Waals surface area contributed by atoms with E-state index >= 15 is 0 Å². The highest BCUT2D eigenvalue weighted by molar-refractivity contribution is 6.33. The van der Waals surface area contributed by atoms with Gasteiger partial charge in [0.2, 0.25) is 0 Å². The zero-order valence-electron chi connectivity index (χ0n) is 12.1. The Morgan fingerprint density at radius 3 is 2.62 bits per heavy atom. The first-order valence-electron chi connectivity index (χ1n) is 6.28. The van der Waals surface area contributed by atoms with Gasteiger partial charge in [0.1, 0.15) is 11.4 Å². The predicted octanol–water partition coefficient (Wildman–Crippen LogP) is 2.37. The second-order valence-corrected chi connectivity index (χ2v) is 5.62. The van der Waals surface area contributed by atoms with Crippen molar-refractivity contribution in [1.82, 2.24) is 10.3 Å². The number of hydrogen-bond donors (Lipinski definition) is 3. The fourth-order valence-electron chi connectivity index (χ4n) is 1.37. The van der Waals surface area contributed by atoms with E-state index in [1.54, 1.807) is 20.8 Å². The normalized spacial score (nSPS) is 10.9. The number of hydrogen-bond acceptors (Lipinski definition) is 5. The van der Waals surface area contributed by atoms with Gasteiger partial charge in [-0.3, -0.25) is 0 Å². The number of carboxylic acid groups (broad SMARTS) is 1. The van der Waals surface area contributed by atoms with Gasteiger partial charge in [-0.25, -0.2) is 14.6 Å². The Labute approximate surface area is 127 Å². The van der Waals surface area contributed by atoms with Gasteiger partial charge in [0.25, 0.3) is 0 Å². The summed E-state index contributed by atoms with van der Waals surface area (Å²) in [7, 11) is 0. The fourth-order valence-corrected chi connectivity index (χ4v) is 1.55. The highest BCUT2D eigenvalue weighted by atomic mass is 35.5. The average Bonchev–Trinajstić information content (AvgIpc) is 2.34. The highest BCUT2D eigenvalue weighted by Crippen LogP contribution is 2.17. The molecule has 1 amide bonds. The molecular weight excluding hydrogens is 298 g/mol. The molecule has 1 heterocycles. The molecule has 0 saturated carbocycles. The largest absolute Gasteiger partial charge is 0.478 e. The number of ether oxygens (including phenoxy) is 1. The zero-order valence-corrected chi connectivity index (χ0v) is 12.8. The molecule has 0 atom stereocenters. The molecule has 0 aliphatic carbocycles. The Hall–Kier alpha value is -2.02. The van der Waals surface area contributed by atoms with E-state index in [2.05, 4.69) is 15.6 Å². The van der Waals surface area contributed by atoms with Crippen molar-refractivity contribution < 1.29 is 19.4 Å². The summed E-state index contributed by atoms with van der Waals surface area (Å²) in [5.74, 6) is -0.764. The lowest BCUT2D eigenvalue weighted by Gasteiger charge is -2.19.